The fourth-order valence-corrected chi connectivity index (χ4v) is 5.41. The second-order valence-corrected chi connectivity index (χ2v) is 8.89. The van der Waals surface area contributed by atoms with Crippen LogP contribution in [0.25, 0.3) is 0 Å². The van der Waals surface area contributed by atoms with Crippen LogP contribution in [0.15, 0.2) is 36.7 Å². The molecule has 6 nitrogen and oxygen atoms in total. The van der Waals surface area contributed by atoms with Gasteiger partial charge in [-0.2, -0.15) is 0 Å². The maximum Gasteiger partial charge on any atom is 0.0925 e. The Hall–Kier alpha value is -1.73. The summed E-state index contributed by atoms with van der Waals surface area (Å²) >= 11 is 0. The molecule has 4 aliphatic rings. The first-order chi connectivity index (χ1) is 13.8. The zero-order valence-electron chi connectivity index (χ0n) is 16.8. The lowest BCUT2D eigenvalue weighted by Crippen LogP contribution is -2.47. The van der Waals surface area contributed by atoms with E-state index in [1.165, 1.54) is 56.0 Å². The highest BCUT2D eigenvalue weighted by atomic mass is 15.4. The van der Waals surface area contributed by atoms with E-state index in [1.807, 2.05) is 6.33 Å². The average molecular weight is 381 g/mol. The van der Waals surface area contributed by atoms with Crippen molar-refractivity contribution in [3.8, 4) is 0 Å². The molecule has 0 radical (unpaired) electrons. The number of nitrogens with one attached hydrogen (secondary N) is 3. The van der Waals surface area contributed by atoms with Gasteiger partial charge in [0.1, 0.15) is 0 Å². The van der Waals surface area contributed by atoms with Crippen molar-refractivity contribution in [3.05, 3.63) is 53.6 Å². The fourth-order valence-electron chi connectivity index (χ4n) is 5.41. The Morgan fingerprint density at radius 3 is 2.82 bits per heavy atom. The van der Waals surface area contributed by atoms with Gasteiger partial charge in [0.15, 0.2) is 0 Å². The van der Waals surface area contributed by atoms with E-state index >= 15 is 0 Å². The molecule has 4 aliphatic heterocycles. The predicted molar refractivity (Wildman–Crippen MR) is 110 cm³/mol. The summed E-state index contributed by atoms with van der Waals surface area (Å²) in [6.07, 6.45) is 4.54. The standard InChI is InChI=1S/C22H32N6/c1-16-21(24-15-23-16)14-27-10-17-7-8-20(13-27)28(11-17)12-19-9-25-26-22(19)18-5-3-2-4-6-18/h2-6,15,17,19-20,22,25-26H,7-14H2,1H3,(H,23,24)/t17-,19?,20+,22?/m1/s1. The van der Waals surface area contributed by atoms with Crippen LogP contribution in [0, 0.1) is 18.8 Å². The lowest BCUT2D eigenvalue weighted by Gasteiger charge is -2.38. The SMILES string of the molecule is Cc1[nH]cnc1CN1C[C@H]2CC[C@@H](C1)N(CC1CNNC1c1ccccc1)C2. The van der Waals surface area contributed by atoms with Crippen LogP contribution < -0.4 is 10.9 Å². The van der Waals surface area contributed by atoms with Gasteiger partial charge in [0.05, 0.1) is 18.1 Å². The van der Waals surface area contributed by atoms with Gasteiger partial charge >= 0.3 is 0 Å². The first-order valence-corrected chi connectivity index (χ1v) is 10.7. The number of hydrogen-bond acceptors (Lipinski definition) is 5. The topological polar surface area (TPSA) is 59.2 Å². The molecule has 2 bridgehead atoms. The average Bonchev–Trinajstić information content (AvgIpc) is 3.23. The number of benzene rings is 1. The van der Waals surface area contributed by atoms with E-state index in [4.69, 9.17) is 0 Å². The molecule has 0 spiro atoms. The number of H-pyrrole nitrogens is 1. The van der Waals surface area contributed by atoms with Gasteiger partial charge in [0.25, 0.3) is 0 Å². The van der Waals surface area contributed by atoms with Crippen LogP contribution >= 0.6 is 0 Å². The van der Waals surface area contributed by atoms with Crippen molar-refractivity contribution in [2.45, 2.75) is 38.4 Å². The molecule has 0 aliphatic carbocycles. The molecule has 5 heterocycles. The highest BCUT2D eigenvalue weighted by molar-refractivity contribution is 5.21. The highest BCUT2D eigenvalue weighted by Crippen LogP contribution is 2.32. The second kappa shape index (κ2) is 7.95. The number of nitrogens with zero attached hydrogens (tertiary/aromatic N) is 3. The van der Waals surface area contributed by atoms with Crippen molar-refractivity contribution in [1.29, 1.82) is 0 Å². The first-order valence-electron chi connectivity index (χ1n) is 10.7. The number of hydrogen-bond donors (Lipinski definition) is 3. The summed E-state index contributed by atoms with van der Waals surface area (Å²) < 4.78 is 0. The summed E-state index contributed by atoms with van der Waals surface area (Å²) in [6.45, 7) is 8.97. The van der Waals surface area contributed by atoms with E-state index in [9.17, 15) is 0 Å². The summed E-state index contributed by atoms with van der Waals surface area (Å²) in [5.74, 6) is 1.40. The molecule has 6 heteroatoms. The number of aromatic amines is 1. The molecule has 1 aromatic carbocycles. The van der Waals surface area contributed by atoms with Crippen LogP contribution in [-0.2, 0) is 6.54 Å². The lowest BCUT2D eigenvalue weighted by molar-refractivity contribution is 0.109. The van der Waals surface area contributed by atoms with Gasteiger partial charge < -0.3 is 4.98 Å². The predicted octanol–water partition coefficient (Wildman–Crippen LogP) is 2.08. The molecular formula is C22H32N6. The molecule has 4 atom stereocenters. The maximum absolute atomic E-state index is 4.53. The van der Waals surface area contributed by atoms with Crippen LogP contribution in [-0.4, -0.2) is 58.5 Å². The smallest absolute Gasteiger partial charge is 0.0925 e. The minimum atomic E-state index is 0.408. The van der Waals surface area contributed by atoms with Crippen molar-refractivity contribution >= 4 is 0 Å². The monoisotopic (exact) mass is 380 g/mol. The van der Waals surface area contributed by atoms with Crippen molar-refractivity contribution in [1.82, 2.24) is 30.6 Å². The molecule has 2 aromatic rings. The molecule has 0 amide bonds. The molecule has 4 saturated heterocycles. The molecular weight excluding hydrogens is 348 g/mol. The normalized spacial score (nSPS) is 31.3. The number of aromatic nitrogens is 2. The van der Waals surface area contributed by atoms with Gasteiger partial charge in [0, 0.05) is 56.9 Å². The third-order valence-electron chi connectivity index (χ3n) is 6.93. The number of fused-ring (bicyclic) bond motifs is 4. The van der Waals surface area contributed by atoms with Crippen LogP contribution in [0.4, 0.5) is 0 Å². The Balaban J connectivity index is 1.26. The molecule has 3 N–H and O–H groups in total. The first kappa shape index (κ1) is 18.3. The van der Waals surface area contributed by atoms with E-state index in [-0.39, 0.29) is 0 Å². The molecule has 1 aromatic heterocycles. The summed E-state index contributed by atoms with van der Waals surface area (Å²) in [5.41, 5.74) is 10.8. The Morgan fingerprint density at radius 1 is 1.11 bits per heavy atom. The van der Waals surface area contributed by atoms with Crippen molar-refractivity contribution in [2.24, 2.45) is 11.8 Å². The minimum Gasteiger partial charge on any atom is -0.348 e. The highest BCUT2D eigenvalue weighted by Gasteiger charge is 2.38. The van der Waals surface area contributed by atoms with E-state index in [1.54, 1.807) is 0 Å². The third-order valence-corrected chi connectivity index (χ3v) is 6.93. The number of aryl methyl sites for hydroxylation is 1. The van der Waals surface area contributed by atoms with Gasteiger partial charge in [-0.15, -0.1) is 0 Å². The number of imidazole rings is 1. The van der Waals surface area contributed by atoms with Crippen LogP contribution in [0.2, 0.25) is 0 Å². The number of piperidine rings is 1. The van der Waals surface area contributed by atoms with Gasteiger partial charge in [-0.3, -0.25) is 15.2 Å². The Labute approximate surface area is 167 Å². The van der Waals surface area contributed by atoms with Gasteiger partial charge in [-0.05, 0) is 31.2 Å². The molecule has 2 unspecified atom stereocenters. The van der Waals surface area contributed by atoms with Crippen LogP contribution in [0.3, 0.4) is 0 Å². The maximum atomic E-state index is 4.53. The third kappa shape index (κ3) is 3.74. The van der Waals surface area contributed by atoms with E-state index < -0.39 is 0 Å². The Bertz CT molecular complexity index is 774. The summed E-state index contributed by atoms with van der Waals surface area (Å²) in [7, 11) is 0. The van der Waals surface area contributed by atoms with Crippen molar-refractivity contribution < 1.29 is 0 Å². The quantitative estimate of drug-likeness (QED) is 0.741. The van der Waals surface area contributed by atoms with Gasteiger partial charge in [0.2, 0.25) is 0 Å². The van der Waals surface area contributed by atoms with E-state index in [0.29, 0.717) is 18.0 Å². The molecule has 0 saturated carbocycles. The zero-order valence-corrected chi connectivity index (χ0v) is 16.8. The van der Waals surface area contributed by atoms with E-state index in [2.05, 4.69) is 67.9 Å². The van der Waals surface area contributed by atoms with Gasteiger partial charge in [-0.1, -0.05) is 30.3 Å². The number of rotatable bonds is 5. The fraction of sp³-hybridized carbons (Fsp3) is 0.591. The minimum absolute atomic E-state index is 0.408. The summed E-state index contributed by atoms with van der Waals surface area (Å²) in [6, 6.07) is 12.0. The van der Waals surface area contributed by atoms with Crippen LogP contribution in [0.1, 0.15) is 35.8 Å². The largest absolute Gasteiger partial charge is 0.348 e. The number of hydrazine groups is 1. The summed E-state index contributed by atoms with van der Waals surface area (Å²) in [5, 5.41) is 0. The second-order valence-electron chi connectivity index (χ2n) is 8.89. The van der Waals surface area contributed by atoms with E-state index in [0.717, 1.165) is 19.0 Å². The molecule has 6 rings (SSSR count). The molecule has 150 valence electrons. The lowest BCUT2D eigenvalue weighted by atomic mass is 9.90. The molecule has 28 heavy (non-hydrogen) atoms. The summed E-state index contributed by atoms with van der Waals surface area (Å²) in [4.78, 5) is 13.2. The van der Waals surface area contributed by atoms with Crippen molar-refractivity contribution in [2.75, 3.05) is 32.7 Å². The van der Waals surface area contributed by atoms with Crippen molar-refractivity contribution in [3.63, 3.8) is 0 Å². The Morgan fingerprint density at radius 2 is 2.00 bits per heavy atom. The zero-order chi connectivity index (χ0) is 18.9. The molecule has 4 fully saturated rings. The van der Waals surface area contributed by atoms with Gasteiger partial charge in [-0.25, -0.2) is 10.4 Å². The Kier molecular flexibility index (Phi) is 5.20. The van der Waals surface area contributed by atoms with Crippen LogP contribution in [0.5, 0.6) is 0 Å².